The maximum Gasteiger partial charge on any atom is 0.490 e. The number of furan rings is 1. The van der Waals surface area contributed by atoms with Crippen molar-refractivity contribution in [1.82, 2.24) is 15.2 Å². The van der Waals surface area contributed by atoms with E-state index in [-0.39, 0.29) is 11.8 Å². The highest BCUT2D eigenvalue weighted by atomic mass is 19.4. The molecule has 4 heterocycles. The number of carbonyl (C=O) groups is 3. The van der Waals surface area contributed by atoms with Crippen molar-refractivity contribution in [3.8, 4) is 0 Å². The minimum Gasteiger partial charge on any atom is -0.475 e. The molecule has 10 nitrogen and oxygen atoms in total. The second kappa shape index (κ2) is 13.9. The van der Waals surface area contributed by atoms with Crippen molar-refractivity contribution in [3.05, 3.63) is 54.2 Å². The molecule has 16 heteroatoms. The Morgan fingerprint density at radius 3 is 2.13 bits per heavy atom. The Bertz CT molecular complexity index is 1040. The van der Waals surface area contributed by atoms with E-state index in [0.29, 0.717) is 25.0 Å². The van der Waals surface area contributed by atoms with Crippen LogP contribution in [-0.4, -0.2) is 76.6 Å². The van der Waals surface area contributed by atoms with Gasteiger partial charge in [-0.15, -0.1) is 0 Å². The fraction of sp³-hybridized carbons (Fsp3) is 0.478. The number of halogens is 6. The molecule has 1 amide bonds. The number of nitrogens with zero attached hydrogens (tertiary/aromatic N) is 2. The molecule has 2 aliphatic rings. The highest BCUT2D eigenvalue weighted by molar-refractivity contribution is 5.79. The lowest BCUT2D eigenvalue weighted by atomic mass is 9.82. The lowest BCUT2D eigenvalue weighted by Crippen LogP contribution is -2.44. The molecule has 2 saturated heterocycles. The first-order chi connectivity index (χ1) is 18.2. The minimum atomic E-state index is -5.08. The van der Waals surface area contributed by atoms with E-state index in [4.69, 9.17) is 29.0 Å². The van der Waals surface area contributed by atoms with Crippen LogP contribution in [0.15, 0.2) is 47.2 Å². The normalized spacial score (nSPS) is 20.9. The van der Waals surface area contributed by atoms with Crippen molar-refractivity contribution in [3.63, 3.8) is 0 Å². The summed E-state index contributed by atoms with van der Waals surface area (Å²) in [6, 6.07) is 9.68. The van der Waals surface area contributed by atoms with Crippen LogP contribution in [0.4, 0.5) is 26.3 Å². The molecule has 0 aliphatic carbocycles. The first kappa shape index (κ1) is 31.6. The Hall–Kier alpha value is -3.66. The molecule has 0 saturated carbocycles. The van der Waals surface area contributed by atoms with Crippen molar-refractivity contribution in [1.29, 1.82) is 0 Å². The lowest BCUT2D eigenvalue weighted by Gasteiger charge is -2.31. The van der Waals surface area contributed by atoms with E-state index in [0.717, 1.165) is 37.7 Å². The van der Waals surface area contributed by atoms with E-state index in [2.05, 4.69) is 15.2 Å². The van der Waals surface area contributed by atoms with E-state index < -0.39 is 24.3 Å². The Balaban J connectivity index is 0.000000317. The van der Waals surface area contributed by atoms with E-state index in [9.17, 15) is 31.1 Å². The predicted octanol–water partition coefficient (Wildman–Crippen LogP) is 2.95. The summed E-state index contributed by atoms with van der Waals surface area (Å²) in [5.74, 6) is -4.02. The molecule has 3 atom stereocenters. The SMILES string of the molecule is O=C(NCc1ccco1)[C@@H]1COC[C@H]2CN(Cc3ccccn3)C[C@H]21.O=C(O)C(F)(F)F.O=C(O)C(F)(F)F. The molecule has 216 valence electrons. The summed E-state index contributed by atoms with van der Waals surface area (Å²) in [5.41, 5.74) is 1.07. The van der Waals surface area contributed by atoms with E-state index in [1.807, 2.05) is 36.5 Å². The van der Waals surface area contributed by atoms with Gasteiger partial charge < -0.3 is 24.7 Å². The van der Waals surface area contributed by atoms with Gasteiger partial charge in [-0.2, -0.15) is 26.3 Å². The maximum atomic E-state index is 12.6. The Labute approximate surface area is 217 Å². The highest BCUT2D eigenvalue weighted by Crippen LogP contribution is 2.34. The van der Waals surface area contributed by atoms with Crippen LogP contribution in [0.5, 0.6) is 0 Å². The number of hydrogen-bond donors (Lipinski definition) is 3. The zero-order chi connectivity index (χ0) is 29.2. The van der Waals surface area contributed by atoms with Gasteiger partial charge in [0.15, 0.2) is 0 Å². The second-order valence-electron chi connectivity index (χ2n) is 8.49. The van der Waals surface area contributed by atoms with Gasteiger partial charge in [-0.3, -0.25) is 14.7 Å². The molecule has 0 unspecified atom stereocenters. The van der Waals surface area contributed by atoms with Gasteiger partial charge in [-0.1, -0.05) is 6.07 Å². The molecule has 2 aliphatic heterocycles. The standard InChI is InChI=1S/C19H23N3O3.2C2HF3O2/c23-19(21-8-16-5-3-7-25-16)18-13-24-12-14-9-22(11-17(14)18)10-15-4-1-2-6-20-15;2*3-2(4,5)1(6)7/h1-7,14,17-18H,8-13H2,(H,21,23);2*(H,6,7)/t14-,17-,18-;;/m1../s1. The predicted molar refractivity (Wildman–Crippen MR) is 119 cm³/mol. The monoisotopic (exact) mass is 569 g/mol. The molecule has 39 heavy (non-hydrogen) atoms. The zero-order valence-corrected chi connectivity index (χ0v) is 20.1. The number of nitrogens with one attached hydrogen (secondary N) is 1. The van der Waals surface area contributed by atoms with Gasteiger partial charge in [0.1, 0.15) is 5.76 Å². The van der Waals surface area contributed by atoms with Crippen molar-refractivity contribution in [2.24, 2.45) is 17.8 Å². The van der Waals surface area contributed by atoms with Crippen molar-refractivity contribution in [2.75, 3.05) is 26.3 Å². The summed E-state index contributed by atoms with van der Waals surface area (Å²) in [6.07, 6.45) is -6.72. The molecular weight excluding hydrogens is 544 g/mol. The number of alkyl halides is 6. The number of aliphatic carboxylic acids is 2. The molecule has 0 radical (unpaired) electrons. The molecule has 2 fully saturated rings. The van der Waals surface area contributed by atoms with Gasteiger partial charge >= 0.3 is 24.3 Å². The third-order valence-corrected chi connectivity index (χ3v) is 5.66. The smallest absolute Gasteiger partial charge is 0.475 e. The number of ether oxygens (including phenoxy) is 1. The minimum absolute atomic E-state index is 0.0609. The number of hydrogen-bond acceptors (Lipinski definition) is 7. The maximum absolute atomic E-state index is 12.6. The van der Waals surface area contributed by atoms with E-state index >= 15 is 0 Å². The molecule has 2 aromatic heterocycles. The summed E-state index contributed by atoms with van der Waals surface area (Å²) in [5, 5.41) is 17.2. The lowest BCUT2D eigenvalue weighted by molar-refractivity contribution is -0.193. The van der Waals surface area contributed by atoms with Crippen LogP contribution in [0.3, 0.4) is 0 Å². The van der Waals surface area contributed by atoms with Gasteiger partial charge in [0, 0.05) is 25.8 Å². The van der Waals surface area contributed by atoms with Crippen LogP contribution in [0.2, 0.25) is 0 Å². The molecule has 4 rings (SSSR count). The first-order valence-electron chi connectivity index (χ1n) is 11.3. The van der Waals surface area contributed by atoms with Gasteiger partial charge in [0.05, 0.1) is 37.6 Å². The molecule has 0 bridgehead atoms. The fourth-order valence-electron chi connectivity index (χ4n) is 3.93. The Kier molecular flexibility index (Phi) is 11.3. The van der Waals surface area contributed by atoms with Crippen LogP contribution >= 0.6 is 0 Å². The second-order valence-corrected chi connectivity index (χ2v) is 8.49. The van der Waals surface area contributed by atoms with E-state index in [1.165, 1.54) is 0 Å². The average molecular weight is 569 g/mol. The molecule has 2 aromatic rings. The highest BCUT2D eigenvalue weighted by Gasteiger charge is 2.44. The summed E-state index contributed by atoms with van der Waals surface area (Å²) in [6.45, 7) is 4.38. The van der Waals surface area contributed by atoms with Gasteiger partial charge in [0.25, 0.3) is 0 Å². The topological polar surface area (TPSA) is 142 Å². The van der Waals surface area contributed by atoms with Crippen molar-refractivity contribution < 1.29 is 60.1 Å². The third kappa shape index (κ3) is 10.6. The van der Waals surface area contributed by atoms with Gasteiger partial charge in [-0.25, -0.2) is 9.59 Å². The molecule has 0 spiro atoms. The average Bonchev–Trinajstić information content (AvgIpc) is 3.52. The summed E-state index contributed by atoms with van der Waals surface area (Å²) in [4.78, 5) is 37.2. The van der Waals surface area contributed by atoms with Crippen LogP contribution in [0.25, 0.3) is 0 Å². The number of pyridine rings is 1. The zero-order valence-electron chi connectivity index (χ0n) is 20.1. The molecule has 0 aromatic carbocycles. The molecule has 3 N–H and O–H groups in total. The van der Waals surface area contributed by atoms with Crippen molar-refractivity contribution >= 4 is 17.8 Å². The number of fused-ring (bicyclic) bond motifs is 1. The first-order valence-corrected chi connectivity index (χ1v) is 11.3. The number of likely N-dealkylation sites (tertiary alicyclic amines) is 1. The van der Waals surface area contributed by atoms with E-state index in [1.54, 1.807) is 6.26 Å². The Morgan fingerprint density at radius 1 is 0.974 bits per heavy atom. The van der Waals surface area contributed by atoms with Crippen LogP contribution in [-0.2, 0) is 32.2 Å². The van der Waals surface area contributed by atoms with Crippen molar-refractivity contribution in [2.45, 2.75) is 25.4 Å². The largest absolute Gasteiger partial charge is 0.490 e. The summed E-state index contributed by atoms with van der Waals surface area (Å²) < 4.78 is 74.5. The Morgan fingerprint density at radius 2 is 1.62 bits per heavy atom. The number of rotatable bonds is 5. The summed E-state index contributed by atoms with van der Waals surface area (Å²) in [7, 11) is 0. The van der Waals surface area contributed by atoms with Crippen LogP contribution in [0, 0.1) is 17.8 Å². The number of aromatic nitrogens is 1. The van der Waals surface area contributed by atoms with Crippen LogP contribution in [0.1, 0.15) is 11.5 Å². The molecular formula is C23H25F6N3O7. The van der Waals surface area contributed by atoms with Crippen LogP contribution < -0.4 is 5.32 Å². The number of carboxylic acids is 2. The summed E-state index contributed by atoms with van der Waals surface area (Å²) >= 11 is 0. The fourth-order valence-corrected chi connectivity index (χ4v) is 3.93. The van der Waals surface area contributed by atoms with Gasteiger partial charge in [0.2, 0.25) is 5.91 Å². The number of carbonyl (C=O) groups excluding carboxylic acids is 1. The van der Waals surface area contributed by atoms with Gasteiger partial charge in [-0.05, 0) is 36.1 Å². The number of carboxylic acid groups (broad SMARTS) is 2. The third-order valence-electron chi connectivity index (χ3n) is 5.66. The number of amides is 1. The quantitative estimate of drug-likeness (QED) is 0.464.